The van der Waals surface area contributed by atoms with Crippen molar-refractivity contribution in [3.05, 3.63) is 141 Å². The molecule has 0 spiro atoms. The lowest BCUT2D eigenvalue weighted by atomic mass is 10.1. The second-order valence-electron chi connectivity index (χ2n) is 9.61. The number of rotatable bonds is 12. The Balaban J connectivity index is 1.47. The summed E-state index contributed by atoms with van der Waals surface area (Å²) < 4.78 is 5.38. The molecule has 4 aromatic rings. The van der Waals surface area contributed by atoms with Crippen molar-refractivity contribution in [2.75, 3.05) is 18.0 Å². The molecule has 0 aliphatic rings. The third-order valence-corrected chi connectivity index (χ3v) is 6.62. The van der Waals surface area contributed by atoms with Crippen molar-refractivity contribution < 1.29 is 24.0 Å². The van der Waals surface area contributed by atoms with Crippen LogP contribution in [-0.2, 0) is 4.79 Å². The van der Waals surface area contributed by atoms with E-state index in [2.05, 4.69) is 34.6 Å². The third-order valence-electron chi connectivity index (χ3n) is 6.62. The van der Waals surface area contributed by atoms with E-state index in [0.717, 1.165) is 18.8 Å². The molecule has 2 amide bonds. The summed E-state index contributed by atoms with van der Waals surface area (Å²) >= 11 is 0. The molecule has 11 heteroatoms. The van der Waals surface area contributed by atoms with Crippen LogP contribution in [0.4, 0.5) is 11.4 Å². The fourth-order valence-corrected chi connectivity index (χ4v) is 4.25. The molecule has 0 heterocycles. The van der Waals surface area contributed by atoms with Gasteiger partial charge in [0.1, 0.15) is 11.4 Å². The van der Waals surface area contributed by atoms with Crippen molar-refractivity contribution in [3.8, 4) is 5.75 Å². The van der Waals surface area contributed by atoms with Crippen LogP contribution in [0.3, 0.4) is 0 Å². The molecule has 0 aromatic heterocycles. The predicted octanol–water partition coefficient (Wildman–Crippen LogP) is 5.58. The third kappa shape index (κ3) is 8.94. The molecule has 2 N–H and O–H groups in total. The molecule has 4 aromatic carbocycles. The quantitative estimate of drug-likeness (QED) is 0.0536. The number of anilines is 1. The number of hydrogen-bond donors (Lipinski definition) is 2. The molecule has 228 valence electrons. The van der Waals surface area contributed by atoms with Gasteiger partial charge < -0.3 is 15.0 Å². The first-order valence-electron chi connectivity index (χ1n) is 14.1. The van der Waals surface area contributed by atoms with Gasteiger partial charge in [-0.05, 0) is 79.6 Å². The van der Waals surface area contributed by atoms with Crippen molar-refractivity contribution in [1.29, 1.82) is 0 Å². The lowest BCUT2D eigenvalue weighted by Gasteiger charge is -2.20. The van der Waals surface area contributed by atoms with Gasteiger partial charge in [0.05, 0.1) is 16.7 Å². The average Bonchev–Trinajstić information content (AvgIpc) is 3.06. The fourth-order valence-electron chi connectivity index (χ4n) is 4.25. The highest BCUT2D eigenvalue weighted by Crippen LogP contribution is 2.18. The number of carbonyl (C=O) groups is 3. The van der Waals surface area contributed by atoms with Crippen LogP contribution in [-0.4, -0.2) is 42.0 Å². The molecule has 0 aliphatic carbocycles. The zero-order valence-electron chi connectivity index (χ0n) is 24.7. The lowest BCUT2D eigenvalue weighted by molar-refractivity contribution is -0.384. The number of nitrogens with zero attached hydrogens (tertiary/aromatic N) is 3. The van der Waals surface area contributed by atoms with Crippen LogP contribution in [0.25, 0.3) is 6.08 Å². The summed E-state index contributed by atoms with van der Waals surface area (Å²) in [5.41, 5.74) is 5.07. The predicted molar refractivity (Wildman–Crippen MR) is 172 cm³/mol. The second kappa shape index (κ2) is 15.4. The van der Waals surface area contributed by atoms with Gasteiger partial charge in [-0.25, -0.2) is 10.2 Å². The van der Waals surface area contributed by atoms with Gasteiger partial charge in [0.25, 0.3) is 17.5 Å². The molecule has 0 saturated carbocycles. The maximum absolute atomic E-state index is 13.2. The maximum atomic E-state index is 13.2. The number of non-ortho nitro benzene ring substituents is 1. The number of esters is 1. The molecular weight excluding hydrogens is 574 g/mol. The summed E-state index contributed by atoms with van der Waals surface area (Å²) in [7, 11) is 0. The highest BCUT2D eigenvalue weighted by Gasteiger charge is 2.15. The summed E-state index contributed by atoms with van der Waals surface area (Å²) in [6.45, 7) is 5.86. The standard InChI is InChI=1S/C34H31N5O6/c1-3-38(4-2)28-17-13-24(14-18-28)22-31(36-32(40)26-10-6-5-7-11-26)33(41)37-35-23-25-9-8-12-30(21-25)45-34(42)27-15-19-29(20-16-27)39(43)44/h5-23H,3-4H2,1-2H3,(H,36,40)(H,37,41). The highest BCUT2D eigenvalue weighted by molar-refractivity contribution is 6.05. The summed E-state index contributed by atoms with van der Waals surface area (Å²) in [5, 5.41) is 17.5. The number of ether oxygens (including phenoxy) is 1. The van der Waals surface area contributed by atoms with E-state index in [1.807, 2.05) is 24.3 Å². The number of nitrogens with one attached hydrogen (secondary N) is 2. The van der Waals surface area contributed by atoms with Crippen molar-refractivity contribution in [3.63, 3.8) is 0 Å². The van der Waals surface area contributed by atoms with Crippen molar-refractivity contribution in [2.24, 2.45) is 5.10 Å². The largest absolute Gasteiger partial charge is 0.423 e. The number of hydrazone groups is 1. The summed E-state index contributed by atoms with van der Waals surface area (Å²) in [5.74, 6) is -1.59. The van der Waals surface area contributed by atoms with E-state index in [9.17, 15) is 24.5 Å². The van der Waals surface area contributed by atoms with Crippen LogP contribution in [0.15, 0.2) is 114 Å². The number of benzene rings is 4. The van der Waals surface area contributed by atoms with E-state index >= 15 is 0 Å². The van der Waals surface area contributed by atoms with E-state index in [1.54, 1.807) is 54.6 Å². The average molecular weight is 606 g/mol. The van der Waals surface area contributed by atoms with E-state index in [0.29, 0.717) is 16.7 Å². The maximum Gasteiger partial charge on any atom is 0.343 e. The molecule has 0 unspecified atom stereocenters. The molecular formula is C34H31N5O6. The Bertz CT molecular complexity index is 1710. The fraction of sp³-hybridized carbons (Fsp3) is 0.118. The first-order valence-corrected chi connectivity index (χ1v) is 14.1. The van der Waals surface area contributed by atoms with Crippen molar-refractivity contribution >= 4 is 41.4 Å². The summed E-state index contributed by atoms with van der Waals surface area (Å²) in [6.07, 6.45) is 2.92. The van der Waals surface area contributed by atoms with Gasteiger partial charge in [-0.3, -0.25) is 19.7 Å². The van der Waals surface area contributed by atoms with E-state index < -0.39 is 22.7 Å². The molecule has 0 bridgehead atoms. The van der Waals surface area contributed by atoms with Crippen LogP contribution in [0.5, 0.6) is 5.75 Å². The number of carbonyl (C=O) groups excluding carboxylic acids is 3. The number of hydrogen-bond acceptors (Lipinski definition) is 8. The van der Waals surface area contributed by atoms with Crippen molar-refractivity contribution in [1.82, 2.24) is 10.7 Å². The molecule has 0 atom stereocenters. The van der Waals surface area contributed by atoms with Gasteiger partial charge in [0.2, 0.25) is 0 Å². The minimum absolute atomic E-state index is 0.0117. The number of nitro benzene ring substituents is 1. The smallest absolute Gasteiger partial charge is 0.343 e. The van der Waals surface area contributed by atoms with Gasteiger partial charge in [-0.1, -0.05) is 42.5 Å². The normalized spacial score (nSPS) is 11.1. The van der Waals surface area contributed by atoms with Crippen molar-refractivity contribution in [2.45, 2.75) is 13.8 Å². The summed E-state index contributed by atoms with van der Waals surface area (Å²) in [6, 6.07) is 27.6. The SMILES string of the molecule is CCN(CC)c1ccc(C=C(NC(=O)c2ccccc2)C(=O)NN=Cc2cccc(OC(=O)c3ccc([N+](=O)[O-])cc3)c2)cc1. The Kier molecular flexibility index (Phi) is 10.9. The Morgan fingerprint density at radius 1 is 0.844 bits per heavy atom. The Hall–Kier alpha value is -6.10. The molecule has 0 radical (unpaired) electrons. The van der Waals surface area contributed by atoms with Gasteiger partial charge in [-0.15, -0.1) is 0 Å². The Morgan fingerprint density at radius 2 is 1.53 bits per heavy atom. The minimum atomic E-state index is -0.693. The zero-order valence-corrected chi connectivity index (χ0v) is 24.7. The van der Waals surface area contributed by atoms with Crippen LogP contribution in [0.1, 0.15) is 45.7 Å². The Morgan fingerprint density at radius 3 is 2.18 bits per heavy atom. The molecule has 0 saturated heterocycles. The van der Waals surface area contributed by atoms with Crippen LogP contribution >= 0.6 is 0 Å². The Labute approximate surface area is 260 Å². The van der Waals surface area contributed by atoms with Gasteiger partial charge in [0, 0.05) is 36.5 Å². The number of amides is 2. The molecule has 4 rings (SSSR count). The van der Waals surface area contributed by atoms with Gasteiger partial charge >= 0.3 is 5.97 Å². The van der Waals surface area contributed by atoms with E-state index in [4.69, 9.17) is 4.74 Å². The second-order valence-corrected chi connectivity index (χ2v) is 9.61. The van der Waals surface area contributed by atoms with Gasteiger partial charge in [-0.2, -0.15) is 5.10 Å². The van der Waals surface area contributed by atoms with Crippen LogP contribution < -0.4 is 20.4 Å². The topological polar surface area (TPSA) is 143 Å². The van der Waals surface area contributed by atoms with Gasteiger partial charge in [0.15, 0.2) is 0 Å². The molecule has 0 fully saturated rings. The summed E-state index contributed by atoms with van der Waals surface area (Å²) in [4.78, 5) is 51.0. The van der Waals surface area contributed by atoms with E-state index in [1.165, 1.54) is 36.5 Å². The molecule has 45 heavy (non-hydrogen) atoms. The molecule has 11 nitrogen and oxygen atoms in total. The van der Waals surface area contributed by atoms with Crippen LogP contribution in [0, 0.1) is 10.1 Å². The number of nitro groups is 1. The highest BCUT2D eigenvalue weighted by atomic mass is 16.6. The molecule has 0 aliphatic heterocycles. The first kappa shape index (κ1) is 31.8. The minimum Gasteiger partial charge on any atom is -0.423 e. The zero-order chi connectivity index (χ0) is 32.2. The monoisotopic (exact) mass is 605 g/mol. The first-order chi connectivity index (χ1) is 21.8. The lowest BCUT2D eigenvalue weighted by Crippen LogP contribution is -2.32. The van der Waals surface area contributed by atoms with E-state index in [-0.39, 0.29) is 22.7 Å². The van der Waals surface area contributed by atoms with Crippen LogP contribution in [0.2, 0.25) is 0 Å².